The molecule has 0 aliphatic carbocycles. The summed E-state index contributed by atoms with van der Waals surface area (Å²) in [6, 6.07) is 18.2. The van der Waals surface area contributed by atoms with Crippen LogP contribution in [0, 0.1) is 0 Å². The van der Waals surface area contributed by atoms with Crippen LogP contribution in [0.15, 0.2) is 76.3 Å². The first kappa shape index (κ1) is 27.4. The molecule has 0 radical (unpaired) electrons. The topological polar surface area (TPSA) is 115 Å². The second kappa shape index (κ2) is 13.8. The van der Waals surface area contributed by atoms with Gasteiger partial charge in [-0.25, -0.2) is 10.2 Å². The molecule has 37 heavy (non-hydrogen) atoms. The molecule has 0 aliphatic heterocycles. The van der Waals surface area contributed by atoms with E-state index >= 15 is 0 Å². The number of hydrazone groups is 1. The molecule has 0 aliphatic rings. The number of halogens is 1. The van der Waals surface area contributed by atoms with E-state index in [4.69, 9.17) is 14.2 Å². The predicted molar refractivity (Wildman–Crippen MR) is 142 cm³/mol. The average molecular weight is 568 g/mol. The van der Waals surface area contributed by atoms with Crippen LogP contribution in [0.2, 0.25) is 0 Å². The lowest BCUT2D eigenvalue weighted by Gasteiger charge is -2.09. The summed E-state index contributed by atoms with van der Waals surface area (Å²) in [6.07, 6.45) is 2.23. The van der Waals surface area contributed by atoms with E-state index in [-0.39, 0.29) is 12.3 Å². The molecule has 0 saturated heterocycles. The van der Waals surface area contributed by atoms with Gasteiger partial charge in [0.05, 0.1) is 32.0 Å². The molecule has 2 N–H and O–H groups in total. The zero-order valence-corrected chi connectivity index (χ0v) is 21.9. The van der Waals surface area contributed by atoms with Gasteiger partial charge in [0.1, 0.15) is 17.2 Å². The van der Waals surface area contributed by atoms with Crippen molar-refractivity contribution in [1.29, 1.82) is 0 Å². The molecule has 0 aromatic heterocycles. The van der Waals surface area contributed by atoms with Crippen LogP contribution >= 0.6 is 15.9 Å². The highest BCUT2D eigenvalue weighted by atomic mass is 79.9. The van der Waals surface area contributed by atoms with Crippen LogP contribution in [0.4, 0.5) is 0 Å². The number of methoxy groups -OCH3 is 1. The summed E-state index contributed by atoms with van der Waals surface area (Å²) < 4.78 is 16.8. The highest BCUT2D eigenvalue weighted by molar-refractivity contribution is 9.10. The van der Waals surface area contributed by atoms with Gasteiger partial charge in [0.2, 0.25) is 0 Å². The lowest BCUT2D eigenvalue weighted by molar-refractivity contribution is -0.120. The first-order valence-corrected chi connectivity index (χ1v) is 12.2. The lowest BCUT2D eigenvalue weighted by Crippen LogP contribution is -2.34. The minimum atomic E-state index is -0.559. The summed E-state index contributed by atoms with van der Waals surface area (Å²) in [5, 5.41) is 6.45. The zero-order valence-electron chi connectivity index (χ0n) is 20.3. The van der Waals surface area contributed by atoms with Gasteiger partial charge in [-0.1, -0.05) is 22.9 Å². The third-order valence-electron chi connectivity index (χ3n) is 4.89. The van der Waals surface area contributed by atoms with E-state index in [0.717, 1.165) is 10.9 Å². The van der Waals surface area contributed by atoms with Crippen molar-refractivity contribution in [3.05, 3.63) is 87.9 Å². The van der Waals surface area contributed by atoms with E-state index in [1.807, 2.05) is 6.92 Å². The van der Waals surface area contributed by atoms with Crippen molar-refractivity contribution >= 4 is 39.9 Å². The fourth-order valence-electron chi connectivity index (χ4n) is 3.00. The number of rotatable bonds is 11. The van der Waals surface area contributed by atoms with Crippen LogP contribution in [0.3, 0.4) is 0 Å². The number of carbonyl (C=O) groups excluding carboxylic acids is 3. The number of nitrogens with zero attached hydrogens (tertiary/aromatic N) is 1. The summed E-state index contributed by atoms with van der Waals surface area (Å²) in [4.78, 5) is 36.9. The highest BCUT2D eigenvalue weighted by Crippen LogP contribution is 2.23. The second-order valence-corrected chi connectivity index (χ2v) is 8.56. The van der Waals surface area contributed by atoms with Gasteiger partial charge >= 0.3 is 5.97 Å². The van der Waals surface area contributed by atoms with E-state index in [1.165, 1.54) is 13.3 Å². The Morgan fingerprint density at radius 1 is 0.946 bits per heavy atom. The van der Waals surface area contributed by atoms with Gasteiger partial charge in [0.25, 0.3) is 11.8 Å². The third kappa shape index (κ3) is 8.46. The SMILES string of the molecule is CCCOc1ccc(C(=O)NCC(=O)NN=Cc2cc(Br)ccc2OC(=O)c2ccc(OC)cc2)cc1. The first-order chi connectivity index (χ1) is 17.9. The van der Waals surface area contributed by atoms with Crippen molar-refractivity contribution in [1.82, 2.24) is 10.7 Å². The Labute approximate surface area is 222 Å². The van der Waals surface area contributed by atoms with Crippen molar-refractivity contribution in [2.45, 2.75) is 13.3 Å². The van der Waals surface area contributed by atoms with Crippen LogP contribution in [-0.2, 0) is 4.79 Å². The number of esters is 1. The van der Waals surface area contributed by atoms with Gasteiger partial charge in [0, 0.05) is 15.6 Å². The van der Waals surface area contributed by atoms with Gasteiger partial charge in [0.15, 0.2) is 0 Å². The minimum absolute atomic E-state index is 0.252. The van der Waals surface area contributed by atoms with Crippen molar-refractivity contribution in [2.24, 2.45) is 5.10 Å². The molecule has 10 heteroatoms. The smallest absolute Gasteiger partial charge is 0.343 e. The molecule has 0 atom stereocenters. The Balaban J connectivity index is 1.54. The standard InChI is InChI=1S/C27H26BrN3O6/c1-3-14-36-23-11-4-18(5-12-23)26(33)29-17-25(32)31-30-16-20-15-21(28)8-13-24(20)37-27(34)19-6-9-22(35-2)10-7-19/h4-13,15-16H,3,14,17H2,1-2H3,(H,29,33)(H,31,32). The summed E-state index contributed by atoms with van der Waals surface area (Å²) in [5.41, 5.74) is 3.54. The third-order valence-corrected chi connectivity index (χ3v) is 5.39. The van der Waals surface area contributed by atoms with Crippen LogP contribution < -0.4 is 25.0 Å². The number of hydrogen-bond donors (Lipinski definition) is 2. The number of amides is 2. The highest BCUT2D eigenvalue weighted by Gasteiger charge is 2.12. The van der Waals surface area contributed by atoms with E-state index in [2.05, 4.69) is 31.8 Å². The molecule has 0 heterocycles. The summed E-state index contributed by atoms with van der Waals surface area (Å²) in [6.45, 7) is 2.33. The van der Waals surface area contributed by atoms with E-state index in [1.54, 1.807) is 66.7 Å². The molecule has 9 nitrogen and oxygen atoms in total. The predicted octanol–water partition coefficient (Wildman–Crippen LogP) is 4.35. The number of nitrogens with one attached hydrogen (secondary N) is 2. The first-order valence-electron chi connectivity index (χ1n) is 11.4. The molecule has 192 valence electrons. The normalized spacial score (nSPS) is 10.6. The van der Waals surface area contributed by atoms with Gasteiger partial charge in [-0.05, 0) is 73.2 Å². The maximum absolute atomic E-state index is 12.5. The number of carbonyl (C=O) groups is 3. The molecular formula is C27H26BrN3O6. The molecule has 0 saturated carbocycles. The maximum atomic E-state index is 12.5. The zero-order chi connectivity index (χ0) is 26.6. The van der Waals surface area contributed by atoms with Crippen molar-refractivity contribution in [3.63, 3.8) is 0 Å². The molecule has 0 spiro atoms. The Morgan fingerprint density at radius 3 is 2.30 bits per heavy atom. The van der Waals surface area contributed by atoms with Crippen LogP contribution in [0.5, 0.6) is 17.2 Å². The minimum Gasteiger partial charge on any atom is -0.497 e. The fraction of sp³-hybridized carbons (Fsp3) is 0.185. The Morgan fingerprint density at radius 2 is 1.62 bits per heavy atom. The monoisotopic (exact) mass is 567 g/mol. The molecule has 0 bridgehead atoms. The summed E-state index contributed by atoms with van der Waals surface area (Å²) in [5.74, 6) is 0.0557. The molecule has 0 unspecified atom stereocenters. The molecule has 2 amide bonds. The van der Waals surface area contributed by atoms with E-state index < -0.39 is 17.8 Å². The molecule has 3 aromatic rings. The molecular weight excluding hydrogens is 542 g/mol. The molecule has 3 aromatic carbocycles. The Hall–Kier alpha value is -4.18. The number of benzene rings is 3. The van der Waals surface area contributed by atoms with Gasteiger partial charge in [-0.2, -0.15) is 5.10 Å². The molecule has 3 rings (SSSR count). The molecule has 0 fully saturated rings. The van der Waals surface area contributed by atoms with Gasteiger partial charge in [-0.3, -0.25) is 9.59 Å². The lowest BCUT2D eigenvalue weighted by atomic mass is 10.2. The van der Waals surface area contributed by atoms with Crippen LogP contribution in [-0.4, -0.2) is 44.3 Å². The van der Waals surface area contributed by atoms with Crippen LogP contribution in [0.25, 0.3) is 0 Å². The number of ether oxygens (including phenoxy) is 3. The average Bonchev–Trinajstić information content (AvgIpc) is 2.92. The fourth-order valence-corrected chi connectivity index (χ4v) is 3.38. The van der Waals surface area contributed by atoms with Crippen molar-refractivity contribution in [2.75, 3.05) is 20.3 Å². The van der Waals surface area contributed by atoms with Gasteiger partial charge in [-0.15, -0.1) is 0 Å². The maximum Gasteiger partial charge on any atom is 0.343 e. The van der Waals surface area contributed by atoms with Crippen molar-refractivity contribution < 1.29 is 28.6 Å². The Bertz CT molecular complexity index is 1260. The van der Waals surface area contributed by atoms with Crippen LogP contribution in [0.1, 0.15) is 39.6 Å². The number of hydrogen-bond acceptors (Lipinski definition) is 7. The Kier molecular flexibility index (Phi) is 10.2. The summed E-state index contributed by atoms with van der Waals surface area (Å²) >= 11 is 3.37. The quantitative estimate of drug-likeness (QED) is 0.154. The largest absolute Gasteiger partial charge is 0.497 e. The van der Waals surface area contributed by atoms with Crippen molar-refractivity contribution in [3.8, 4) is 17.2 Å². The summed E-state index contributed by atoms with van der Waals surface area (Å²) in [7, 11) is 1.54. The van der Waals surface area contributed by atoms with Gasteiger partial charge < -0.3 is 19.5 Å². The second-order valence-electron chi connectivity index (χ2n) is 7.65. The van der Waals surface area contributed by atoms with E-state index in [0.29, 0.717) is 34.8 Å². The van der Waals surface area contributed by atoms with E-state index in [9.17, 15) is 14.4 Å².